The number of benzene rings is 5. The van der Waals surface area contributed by atoms with Crippen LogP contribution in [-0.4, -0.2) is 14.5 Å². The standard InChI is InChI=1S/C43H32ClN3/c1-43(2)36-19-11-9-17-32(36)34-24-35-33-18-10-12-20-40(33)47(41(35)25-37(34)43)31-22-29(21-30(44)23-31)42-45-38(27-13-5-3-6-14-27)26-39(46-42)28-15-7-4-8-16-28/h3-9,11,13-26H,10,12H2,1-2H3. The zero-order valence-corrected chi connectivity index (χ0v) is 27.1. The molecule has 0 radical (unpaired) electrons. The molecule has 3 nitrogen and oxygen atoms in total. The Morgan fingerprint density at radius 2 is 1.28 bits per heavy atom. The fourth-order valence-corrected chi connectivity index (χ4v) is 7.82. The number of hydrogen-bond donors (Lipinski definition) is 0. The maximum Gasteiger partial charge on any atom is 0.160 e. The summed E-state index contributed by atoms with van der Waals surface area (Å²) in [5.74, 6) is 0.646. The van der Waals surface area contributed by atoms with Crippen LogP contribution in [0.4, 0.5) is 0 Å². The maximum absolute atomic E-state index is 6.98. The third-order valence-corrected chi connectivity index (χ3v) is 10.1. The number of hydrogen-bond acceptors (Lipinski definition) is 2. The number of fused-ring (bicyclic) bond motifs is 6. The molecule has 2 aliphatic carbocycles. The lowest BCUT2D eigenvalue weighted by atomic mass is 9.82. The van der Waals surface area contributed by atoms with E-state index in [2.05, 4.69) is 109 Å². The molecule has 0 bridgehead atoms. The van der Waals surface area contributed by atoms with Crippen molar-refractivity contribution in [3.05, 3.63) is 148 Å². The van der Waals surface area contributed by atoms with Gasteiger partial charge in [-0.25, -0.2) is 9.97 Å². The zero-order valence-electron chi connectivity index (χ0n) is 26.3. The largest absolute Gasteiger partial charge is 0.309 e. The van der Waals surface area contributed by atoms with Gasteiger partial charge in [-0.1, -0.05) is 123 Å². The van der Waals surface area contributed by atoms with E-state index in [0.29, 0.717) is 10.8 Å². The highest BCUT2D eigenvalue weighted by Crippen LogP contribution is 2.49. The van der Waals surface area contributed by atoms with Gasteiger partial charge in [0.05, 0.1) is 16.9 Å². The molecule has 0 saturated heterocycles. The van der Waals surface area contributed by atoms with Crippen LogP contribution in [0.2, 0.25) is 5.02 Å². The quantitative estimate of drug-likeness (QED) is 0.195. The van der Waals surface area contributed by atoms with E-state index in [0.717, 1.165) is 46.6 Å². The molecule has 0 unspecified atom stereocenters. The van der Waals surface area contributed by atoms with Crippen LogP contribution in [0.15, 0.2) is 121 Å². The Morgan fingerprint density at radius 3 is 2.00 bits per heavy atom. The summed E-state index contributed by atoms with van der Waals surface area (Å²) in [5.41, 5.74) is 12.2. The van der Waals surface area contributed by atoms with Crippen molar-refractivity contribution >= 4 is 34.7 Å². The van der Waals surface area contributed by atoms with Gasteiger partial charge in [-0.05, 0) is 71.5 Å². The van der Waals surface area contributed by atoms with Gasteiger partial charge in [-0.15, -0.1) is 0 Å². The third kappa shape index (κ3) is 4.49. The Balaban J connectivity index is 1.28. The van der Waals surface area contributed by atoms with E-state index in [1.54, 1.807) is 0 Å². The van der Waals surface area contributed by atoms with E-state index in [9.17, 15) is 0 Å². The molecule has 9 rings (SSSR count). The SMILES string of the molecule is CC1(C)c2ccccc2-c2cc3c4c(n(-c5cc(Cl)cc(-c6nc(-c7ccccc7)cc(-c7ccccc7)n6)c5)c3cc21)=CCCC=4. The van der Waals surface area contributed by atoms with Crippen LogP contribution in [0.3, 0.4) is 0 Å². The summed E-state index contributed by atoms with van der Waals surface area (Å²) in [6, 6.07) is 42.6. The number of nitrogens with zero attached hydrogens (tertiary/aromatic N) is 3. The van der Waals surface area contributed by atoms with Crippen molar-refractivity contribution in [2.75, 3.05) is 0 Å². The second-order valence-corrected chi connectivity index (χ2v) is 13.5. The highest BCUT2D eigenvalue weighted by molar-refractivity contribution is 6.31. The molecular formula is C43H32ClN3. The predicted molar refractivity (Wildman–Crippen MR) is 195 cm³/mol. The smallest absolute Gasteiger partial charge is 0.160 e. The minimum atomic E-state index is -0.0950. The van der Waals surface area contributed by atoms with Gasteiger partial charge in [-0.2, -0.15) is 0 Å². The molecule has 4 heteroatoms. The van der Waals surface area contributed by atoms with E-state index in [-0.39, 0.29) is 5.41 Å². The molecular weight excluding hydrogens is 594 g/mol. The summed E-state index contributed by atoms with van der Waals surface area (Å²) in [6.45, 7) is 4.68. The normalized spacial score (nSPS) is 14.2. The van der Waals surface area contributed by atoms with Gasteiger partial charge in [0.25, 0.3) is 0 Å². The molecule has 47 heavy (non-hydrogen) atoms. The van der Waals surface area contributed by atoms with Crippen molar-refractivity contribution in [1.29, 1.82) is 0 Å². The van der Waals surface area contributed by atoms with Gasteiger partial charge >= 0.3 is 0 Å². The molecule has 0 N–H and O–H groups in total. The molecule has 0 saturated carbocycles. The summed E-state index contributed by atoms with van der Waals surface area (Å²) in [4.78, 5) is 10.2. The van der Waals surface area contributed by atoms with Crippen LogP contribution in [0, 0.1) is 0 Å². The monoisotopic (exact) mass is 625 g/mol. The Morgan fingerprint density at radius 1 is 0.617 bits per heavy atom. The summed E-state index contributed by atoms with van der Waals surface area (Å²) >= 11 is 6.98. The lowest BCUT2D eigenvalue weighted by Gasteiger charge is -2.21. The molecule has 2 heterocycles. The summed E-state index contributed by atoms with van der Waals surface area (Å²) in [5, 5.41) is 4.44. The highest BCUT2D eigenvalue weighted by atomic mass is 35.5. The van der Waals surface area contributed by atoms with Gasteiger partial charge < -0.3 is 4.57 Å². The van der Waals surface area contributed by atoms with Crippen LogP contribution in [0.25, 0.3) is 73.8 Å². The molecule has 5 aromatic carbocycles. The molecule has 2 aromatic heterocycles. The van der Waals surface area contributed by atoms with Gasteiger partial charge in [0.15, 0.2) is 5.82 Å². The van der Waals surface area contributed by atoms with Crippen LogP contribution in [0.1, 0.15) is 37.8 Å². The first-order valence-electron chi connectivity index (χ1n) is 16.3. The summed E-state index contributed by atoms with van der Waals surface area (Å²) in [7, 11) is 0. The Hall–Kier alpha value is -5.25. The average Bonchev–Trinajstić information content (AvgIpc) is 3.56. The fraction of sp³-hybridized carbons (Fsp3) is 0.116. The number of halogens is 1. The first kappa shape index (κ1) is 28.0. The number of rotatable bonds is 4. The first-order valence-corrected chi connectivity index (χ1v) is 16.6. The molecule has 7 aromatic rings. The van der Waals surface area contributed by atoms with E-state index in [1.807, 2.05) is 42.5 Å². The fourth-order valence-electron chi connectivity index (χ4n) is 7.59. The Bertz CT molecular complexity index is 2430. The summed E-state index contributed by atoms with van der Waals surface area (Å²) < 4.78 is 2.40. The third-order valence-electron chi connectivity index (χ3n) is 9.86. The zero-order chi connectivity index (χ0) is 31.7. The lowest BCUT2D eigenvalue weighted by Crippen LogP contribution is -2.30. The number of aromatic nitrogens is 3. The van der Waals surface area contributed by atoms with Crippen molar-refractivity contribution in [2.24, 2.45) is 0 Å². The average molecular weight is 626 g/mol. The van der Waals surface area contributed by atoms with Crippen LogP contribution in [0.5, 0.6) is 0 Å². The lowest BCUT2D eigenvalue weighted by molar-refractivity contribution is 0.661. The van der Waals surface area contributed by atoms with Crippen molar-refractivity contribution in [3.63, 3.8) is 0 Å². The van der Waals surface area contributed by atoms with Crippen LogP contribution < -0.4 is 10.6 Å². The molecule has 0 amide bonds. The first-order chi connectivity index (χ1) is 23.0. The van der Waals surface area contributed by atoms with E-state index >= 15 is 0 Å². The van der Waals surface area contributed by atoms with Crippen LogP contribution in [-0.2, 0) is 5.41 Å². The maximum atomic E-state index is 6.98. The van der Waals surface area contributed by atoms with E-state index in [1.165, 1.54) is 43.7 Å². The van der Waals surface area contributed by atoms with Crippen molar-refractivity contribution < 1.29 is 0 Å². The summed E-state index contributed by atoms with van der Waals surface area (Å²) in [6.07, 6.45) is 6.82. The van der Waals surface area contributed by atoms with Gasteiger partial charge in [0, 0.05) is 48.8 Å². The Kier molecular flexibility index (Phi) is 6.35. The molecule has 0 atom stereocenters. The van der Waals surface area contributed by atoms with Gasteiger partial charge in [0.1, 0.15) is 0 Å². The van der Waals surface area contributed by atoms with Gasteiger partial charge in [-0.3, -0.25) is 0 Å². The van der Waals surface area contributed by atoms with Crippen molar-refractivity contribution in [1.82, 2.24) is 14.5 Å². The minimum absolute atomic E-state index is 0.0950. The van der Waals surface area contributed by atoms with Crippen molar-refractivity contribution in [3.8, 4) is 50.7 Å². The molecule has 0 spiro atoms. The minimum Gasteiger partial charge on any atom is -0.309 e. The predicted octanol–water partition coefficient (Wildman–Crippen LogP) is 9.74. The highest BCUT2D eigenvalue weighted by Gasteiger charge is 2.36. The molecule has 226 valence electrons. The second-order valence-electron chi connectivity index (χ2n) is 13.1. The van der Waals surface area contributed by atoms with Gasteiger partial charge in [0.2, 0.25) is 0 Å². The molecule has 2 aliphatic rings. The second kappa shape index (κ2) is 10.7. The van der Waals surface area contributed by atoms with Crippen LogP contribution >= 0.6 is 11.6 Å². The van der Waals surface area contributed by atoms with Crippen molar-refractivity contribution in [2.45, 2.75) is 32.1 Å². The topological polar surface area (TPSA) is 30.7 Å². The Labute approximate surface area is 279 Å². The molecule has 0 aliphatic heterocycles. The van der Waals surface area contributed by atoms with E-state index in [4.69, 9.17) is 21.6 Å². The van der Waals surface area contributed by atoms with E-state index < -0.39 is 0 Å². The molecule has 0 fully saturated rings.